The van der Waals surface area contributed by atoms with Crippen LogP contribution in [0.1, 0.15) is 22.8 Å². The van der Waals surface area contributed by atoms with Crippen LogP contribution in [0.4, 0.5) is 0 Å². The smallest absolute Gasteiger partial charge is 0.338 e. The number of phenols is 1. The molecule has 2 aromatic carbocycles. The second-order valence-electron chi connectivity index (χ2n) is 5.54. The Morgan fingerprint density at radius 3 is 2.28 bits per heavy atom. The Morgan fingerprint density at radius 2 is 1.68 bits per heavy atom. The Labute approximate surface area is 145 Å². The number of phenolic OH excluding ortho intramolecular Hbond substituents is 1. The number of carbonyl (C=O) groups excluding carboxylic acids is 3. The van der Waals surface area contributed by atoms with Crippen molar-refractivity contribution >= 4 is 17.7 Å². The molecular weight excluding hydrogens is 322 g/mol. The average Bonchev–Trinajstić information content (AvgIpc) is 2.60. The van der Waals surface area contributed by atoms with Gasteiger partial charge in [-0.1, -0.05) is 30.3 Å². The topological polar surface area (TPSA) is 92.7 Å². The molecule has 1 amide bonds. The first kappa shape index (κ1) is 18.2. The summed E-state index contributed by atoms with van der Waals surface area (Å²) in [6.45, 7) is 0.911. The first-order valence-corrected chi connectivity index (χ1v) is 7.75. The lowest BCUT2D eigenvalue weighted by molar-refractivity contribution is -0.128. The number of aromatic hydroxyl groups is 1. The maximum atomic E-state index is 12.0. The van der Waals surface area contributed by atoms with Crippen LogP contribution in [0.2, 0.25) is 0 Å². The number of Topliss-reactive ketones (excluding diaryl/α,β-unsaturated/α-hetero) is 1. The minimum Gasteiger partial charge on any atom is -0.508 e. The lowest BCUT2D eigenvalue weighted by atomic mass is 10.0. The Hall–Kier alpha value is -3.15. The Morgan fingerprint density at radius 1 is 1.04 bits per heavy atom. The minimum atomic E-state index is -0.683. The highest BCUT2D eigenvalue weighted by molar-refractivity contribution is 5.92. The largest absolute Gasteiger partial charge is 0.508 e. The first-order valence-electron chi connectivity index (χ1n) is 7.75. The van der Waals surface area contributed by atoms with Crippen LogP contribution in [-0.4, -0.2) is 35.4 Å². The molecule has 0 unspecified atom stereocenters. The molecule has 1 atom stereocenters. The van der Waals surface area contributed by atoms with Crippen molar-refractivity contribution in [2.75, 3.05) is 6.61 Å². The lowest BCUT2D eigenvalue weighted by Gasteiger charge is -2.16. The normalized spacial score (nSPS) is 11.4. The molecule has 6 heteroatoms. The summed E-state index contributed by atoms with van der Waals surface area (Å²) in [6.07, 6.45) is 0.369. The molecule has 6 nitrogen and oxygen atoms in total. The van der Waals surface area contributed by atoms with Crippen molar-refractivity contribution in [2.45, 2.75) is 19.4 Å². The molecule has 0 spiro atoms. The number of amides is 1. The molecule has 0 bridgehead atoms. The summed E-state index contributed by atoms with van der Waals surface area (Å²) in [5.74, 6) is -1.39. The van der Waals surface area contributed by atoms with Crippen molar-refractivity contribution in [3.05, 3.63) is 65.7 Å². The van der Waals surface area contributed by atoms with Crippen molar-refractivity contribution in [1.82, 2.24) is 5.32 Å². The van der Waals surface area contributed by atoms with Crippen LogP contribution in [0.3, 0.4) is 0 Å². The van der Waals surface area contributed by atoms with Crippen LogP contribution in [0, 0.1) is 0 Å². The van der Waals surface area contributed by atoms with Gasteiger partial charge < -0.3 is 15.2 Å². The number of ether oxygens (including phenoxy) is 1. The van der Waals surface area contributed by atoms with Gasteiger partial charge >= 0.3 is 5.97 Å². The van der Waals surface area contributed by atoms with Crippen LogP contribution in [0.25, 0.3) is 0 Å². The van der Waals surface area contributed by atoms with Gasteiger partial charge in [-0.25, -0.2) is 4.79 Å². The Kier molecular flexibility index (Phi) is 6.28. The third-order valence-corrected chi connectivity index (χ3v) is 3.55. The van der Waals surface area contributed by atoms with Crippen LogP contribution in [-0.2, 0) is 20.7 Å². The molecule has 0 aliphatic carbocycles. The molecule has 25 heavy (non-hydrogen) atoms. The van der Waals surface area contributed by atoms with Gasteiger partial charge in [0.05, 0.1) is 11.6 Å². The average molecular weight is 341 g/mol. The summed E-state index contributed by atoms with van der Waals surface area (Å²) in [5, 5.41) is 11.8. The zero-order valence-corrected chi connectivity index (χ0v) is 13.8. The number of nitrogens with one attached hydrogen (secondary N) is 1. The van der Waals surface area contributed by atoms with Gasteiger partial charge in [0.25, 0.3) is 5.91 Å². The van der Waals surface area contributed by atoms with Crippen molar-refractivity contribution in [3.8, 4) is 5.75 Å². The molecule has 0 fully saturated rings. The van der Waals surface area contributed by atoms with Gasteiger partial charge in [-0.3, -0.25) is 9.59 Å². The summed E-state index contributed by atoms with van der Waals surface area (Å²) >= 11 is 0. The molecule has 0 aromatic heterocycles. The number of hydrogen-bond acceptors (Lipinski definition) is 5. The second kappa shape index (κ2) is 8.63. The van der Waals surface area contributed by atoms with E-state index in [-0.39, 0.29) is 17.1 Å². The van der Waals surface area contributed by atoms with Gasteiger partial charge in [0.2, 0.25) is 0 Å². The quantitative estimate of drug-likeness (QED) is 0.750. The van der Waals surface area contributed by atoms with Crippen molar-refractivity contribution in [3.63, 3.8) is 0 Å². The highest BCUT2D eigenvalue weighted by Crippen LogP contribution is 2.10. The van der Waals surface area contributed by atoms with Gasteiger partial charge in [0, 0.05) is 0 Å². The monoisotopic (exact) mass is 341 g/mol. The molecule has 2 N–H and O–H groups in total. The van der Waals surface area contributed by atoms with E-state index in [1.165, 1.54) is 31.2 Å². The number of rotatable bonds is 7. The van der Waals surface area contributed by atoms with E-state index in [0.29, 0.717) is 6.42 Å². The fourth-order valence-corrected chi connectivity index (χ4v) is 2.19. The summed E-state index contributed by atoms with van der Waals surface area (Å²) < 4.78 is 4.92. The van der Waals surface area contributed by atoms with E-state index in [1.54, 1.807) is 0 Å². The van der Waals surface area contributed by atoms with Gasteiger partial charge in [-0.15, -0.1) is 0 Å². The number of carbonyl (C=O) groups is 3. The van der Waals surface area contributed by atoms with Crippen LogP contribution in [0.15, 0.2) is 54.6 Å². The predicted octanol–water partition coefficient (Wildman–Crippen LogP) is 1.87. The summed E-state index contributed by atoms with van der Waals surface area (Å²) in [6, 6.07) is 14.1. The Balaban J connectivity index is 1.87. The number of ketones is 1. The second-order valence-corrected chi connectivity index (χ2v) is 5.54. The van der Waals surface area contributed by atoms with E-state index in [9.17, 15) is 19.5 Å². The van der Waals surface area contributed by atoms with E-state index in [4.69, 9.17) is 4.74 Å². The van der Waals surface area contributed by atoms with E-state index >= 15 is 0 Å². The highest BCUT2D eigenvalue weighted by atomic mass is 16.5. The van der Waals surface area contributed by atoms with E-state index in [2.05, 4.69) is 5.32 Å². The minimum absolute atomic E-state index is 0.0273. The van der Waals surface area contributed by atoms with Gasteiger partial charge in [-0.2, -0.15) is 0 Å². The van der Waals surface area contributed by atoms with Crippen molar-refractivity contribution < 1.29 is 24.2 Å². The maximum Gasteiger partial charge on any atom is 0.338 e. The number of hydrogen-bond donors (Lipinski definition) is 2. The highest BCUT2D eigenvalue weighted by Gasteiger charge is 2.18. The van der Waals surface area contributed by atoms with Crippen LogP contribution < -0.4 is 5.32 Å². The SMILES string of the molecule is CC(=O)[C@H](Cc1ccccc1)NC(=O)COC(=O)c1ccc(O)cc1. The molecule has 2 aromatic rings. The molecule has 130 valence electrons. The molecule has 0 radical (unpaired) electrons. The molecule has 0 saturated carbocycles. The van der Waals surface area contributed by atoms with Crippen molar-refractivity contribution in [1.29, 1.82) is 0 Å². The fourth-order valence-electron chi connectivity index (χ4n) is 2.19. The molecule has 0 saturated heterocycles. The number of benzene rings is 2. The zero-order chi connectivity index (χ0) is 18.2. The molecule has 0 aliphatic rings. The van der Waals surface area contributed by atoms with Gasteiger partial charge in [0.15, 0.2) is 12.4 Å². The summed E-state index contributed by atoms with van der Waals surface area (Å²) in [4.78, 5) is 35.5. The molecular formula is C19H19NO5. The molecule has 0 heterocycles. The zero-order valence-electron chi connectivity index (χ0n) is 13.8. The maximum absolute atomic E-state index is 12.0. The third-order valence-electron chi connectivity index (χ3n) is 3.55. The standard InChI is InChI=1S/C19H19NO5/c1-13(21)17(11-14-5-3-2-4-6-14)20-18(23)12-25-19(24)15-7-9-16(22)10-8-15/h2-10,17,22H,11-12H2,1H3,(H,20,23)/t17-/m0/s1. The van der Waals surface area contributed by atoms with E-state index < -0.39 is 24.5 Å². The van der Waals surface area contributed by atoms with E-state index in [1.807, 2.05) is 30.3 Å². The molecule has 0 aliphatic heterocycles. The van der Waals surface area contributed by atoms with E-state index in [0.717, 1.165) is 5.56 Å². The Bertz CT molecular complexity index is 740. The predicted molar refractivity (Wildman–Crippen MR) is 91.1 cm³/mol. The fraction of sp³-hybridized carbons (Fsp3) is 0.211. The first-order chi connectivity index (χ1) is 12.0. The van der Waals surface area contributed by atoms with Crippen LogP contribution >= 0.6 is 0 Å². The van der Waals surface area contributed by atoms with Crippen molar-refractivity contribution in [2.24, 2.45) is 0 Å². The van der Waals surface area contributed by atoms with Gasteiger partial charge in [0.1, 0.15) is 5.75 Å². The summed E-state index contributed by atoms with van der Waals surface area (Å²) in [7, 11) is 0. The lowest BCUT2D eigenvalue weighted by Crippen LogP contribution is -2.43. The van der Waals surface area contributed by atoms with Gasteiger partial charge in [-0.05, 0) is 43.2 Å². The number of esters is 1. The van der Waals surface area contributed by atoms with Crippen LogP contribution in [0.5, 0.6) is 5.75 Å². The molecule has 2 rings (SSSR count). The third kappa shape index (κ3) is 5.76. The summed E-state index contributed by atoms with van der Waals surface area (Å²) in [5.41, 5.74) is 1.14.